The van der Waals surface area contributed by atoms with E-state index in [9.17, 15) is 0 Å². The second-order valence-corrected chi connectivity index (χ2v) is 9.34. The molecule has 7 aromatic rings. The number of nitrogens with zero attached hydrogens (tertiary/aromatic N) is 1. The molecule has 164 valence electrons. The van der Waals surface area contributed by atoms with Crippen LogP contribution >= 0.6 is 0 Å². The van der Waals surface area contributed by atoms with Crippen LogP contribution in [0.5, 0.6) is 0 Å². The molecule has 0 unspecified atom stereocenters. The highest BCUT2D eigenvalue weighted by atomic mass is 14.6. The van der Waals surface area contributed by atoms with E-state index in [0.717, 1.165) is 5.56 Å². The van der Waals surface area contributed by atoms with Gasteiger partial charge in [-0.2, -0.15) is 0 Å². The van der Waals surface area contributed by atoms with Crippen LogP contribution in [0.25, 0.3) is 65.7 Å². The molecule has 0 fully saturated rings. The van der Waals surface area contributed by atoms with Crippen molar-refractivity contribution in [3.8, 4) is 33.4 Å². The van der Waals surface area contributed by atoms with Gasteiger partial charge in [0.15, 0.2) is 0 Å². The first-order chi connectivity index (χ1) is 17.3. The normalized spacial score (nSPS) is 11.6. The molecule has 35 heavy (non-hydrogen) atoms. The zero-order valence-electron chi connectivity index (χ0n) is 19.5. The van der Waals surface area contributed by atoms with E-state index in [0.29, 0.717) is 0 Å². The largest absolute Gasteiger partial charge is 0.264 e. The Morgan fingerprint density at radius 2 is 1.09 bits per heavy atom. The molecule has 0 N–H and O–H groups in total. The van der Waals surface area contributed by atoms with Gasteiger partial charge in [0.25, 0.3) is 0 Å². The van der Waals surface area contributed by atoms with Gasteiger partial charge >= 0.3 is 0 Å². The highest BCUT2D eigenvalue weighted by molar-refractivity contribution is 6.28. The lowest BCUT2D eigenvalue weighted by molar-refractivity contribution is 1.33. The molecule has 1 nitrogen and oxygen atoms in total. The summed E-state index contributed by atoms with van der Waals surface area (Å²) in [6, 6.07) is 40.0. The van der Waals surface area contributed by atoms with E-state index in [1.165, 1.54) is 65.7 Å². The lowest BCUT2D eigenvalue weighted by atomic mass is 9.85. The molecule has 0 bridgehead atoms. The number of aromatic nitrogens is 1. The minimum Gasteiger partial charge on any atom is -0.264 e. The van der Waals surface area contributed by atoms with E-state index in [1.807, 2.05) is 18.5 Å². The van der Waals surface area contributed by atoms with E-state index in [2.05, 4.69) is 115 Å². The third-order valence-electron chi connectivity index (χ3n) is 7.20. The molecule has 0 aliphatic heterocycles. The number of rotatable bonds is 3. The fraction of sp³-hybridized carbons (Fsp3) is 0.0294. The van der Waals surface area contributed by atoms with Crippen molar-refractivity contribution in [2.75, 3.05) is 0 Å². The van der Waals surface area contributed by atoms with Gasteiger partial charge in [-0.3, -0.25) is 4.98 Å². The van der Waals surface area contributed by atoms with Crippen LogP contribution in [0.4, 0.5) is 0 Å². The summed E-state index contributed by atoms with van der Waals surface area (Å²) in [4.78, 5) is 4.28. The van der Waals surface area contributed by atoms with Gasteiger partial charge < -0.3 is 0 Å². The standard InChI is InChI=1S/C34H23N/c1-22-7-9-24(10-8-22)31-20-32(25-13-11-23(12-14-25)28-6-3-19-35-21-28)30-18-16-27-5-2-4-26-15-17-29(31)34(30)33(26)27/h2-21H,1H3. The van der Waals surface area contributed by atoms with Crippen LogP contribution in [0, 0.1) is 6.92 Å². The molecule has 0 aliphatic rings. The Morgan fingerprint density at radius 1 is 0.486 bits per heavy atom. The summed E-state index contributed by atoms with van der Waals surface area (Å²) in [5.74, 6) is 0. The lowest BCUT2D eigenvalue weighted by Crippen LogP contribution is -1.91. The van der Waals surface area contributed by atoms with Gasteiger partial charge in [-0.1, -0.05) is 103 Å². The minimum atomic E-state index is 1.13. The van der Waals surface area contributed by atoms with Crippen molar-refractivity contribution in [2.45, 2.75) is 6.92 Å². The molecule has 6 aromatic carbocycles. The van der Waals surface area contributed by atoms with Crippen LogP contribution in [0.3, 0.4) is 0 Å². The Labute approximate surface area is 204 Å². The summed E-state index contributed by atoms with van der Waals surface area (Å²) < 4.78 is 0. The van der Waals surface area contributed by atoms with Crippen LogP contribution in [-0.4, -0.2) is 4.98 Å². The van der Waals surface area contributed by atoms with E-state index in [1.54, 1.807) is 0 Å². The molecule has 0 saturated carbocycles. The van der Waals surface area contributed by atoms with Crippen LogP contribution in [0.15, 0.2) is 122 Å². The number of aryl methyl sites for hydroxylation is 1. The minimum absolute atomic E-state index is 1.13. The van der Waals surface area contributed by atoms with Crippen LogP contribution in [0.2, 0.25) is 0 Å². The molecule has 0 spiro atoms. The van der Waals surface area contributed by atoms with Gasteiger partial charge in [-0.15, -0.1) is 0 Å². The maximum atomic E-state index is 4.28. The molecule has 0 radical (unpaired) electrons. The quantitative estimate of drug-likeness (QED) is 0.247. The van der Waals surface area contributed by atoms with Gasteiger partial charge in [0, 0.05) is 12.4 Å². The molecule has 0 aliphatic carbocycles. The van der Waals surface area contributed by atoms with Gasteiger partial charge in [-0.25, -0.2) is 0 Å². The molecule has 0 atom stereocenters. The maximum absolute atomic E-state index is 4.28. The molecule has 0 saturated heterocycles. The van der Waals surface area contributed by atoms with Crippen molar-refractivity contribution >= 4 is 32.3 Å². The first-order valence-corrected chi connectivity index (χ1v) is 12.0. The van der Waals surface area contributed by atoms with Gasteiger partial charge in [0.2, 0.25) is 0 Å². The molecule has 0 amide bonds. The van der Waals surface area contributed by atoms with E-state index >= 15 is 0 Å². The van der Waals surface area contributed by atoms with Crippen LogP contribution < -0.4 is 0 Å². The van der Waals surface area contributed by atoms with Crippen LogP contribution in [-0.2, 0) is 0 Å². The number of pyridine rings is 1. The Hall–Kier alpha value is -4.49. The Bertz CT molecular complexity index is 1800. The monoisotopic (exact) mass is 445 g/mol. The Balaban J connectivity index is 1.53. The highest BCUT2D eigenvalue weighted by Gasteiger charge is 2.16. The molecular formula is C34H23N. The van der Waals surface area contributed by atoms with Crippen molar-refractivity contribution in [1.82, 2.24) is 4.98 Å². The van der Waals surface area contributed by atoms with Gasteiger partial charge in [-0.05, 0) is 84.8 Å². The smallest absolute Gasteiger partial charge is 0.0346 e. The SMILES string of the molecule is Cc1ccc(-c2cc(-c3ccc(-c4cccnc4)cc3)c3ccc4cccc5ccc2c3c54)cc1. The second-order valence-electron chi connectivity index (χ2n) is 9.34. The summed E-state index contributed by atoms with van der Waals surface area (Å²) in [5.41, 5.74) is 8.61. The molecule has 1 aromatic heterocycles. The Morgan fingerprint density at radius 3 is 1.69 bits per heavy atom. The summed E-state index contributed by atoms with van der Waals surface area (Å²) in [6.45, 7) is 2.14. The summed E-state index contributed by atoms with van der Waals surface area (Å²) in [6.07, 6.45) is 3.73. The molecular weight excluding hydrogens is 422 g/mol. The molecule has 7 rings (SSSR count). The average Bonchev–Trinajstić information content (AvgIpc) is 2.92. The predicted octanol–water partition coefficient (Wildman–Crippen LogP) is 9.29. The van der Waals surface area contributed by atoms with Crippen molar-refractivity contribution in [1.29, 1.82) is 0 Å². The number of benzene rings is 6. The van der Waals surface area contributed by atoms with Crippen LogP contribution in [0.1, 0.15) is 5.56 Å². The Kier molecular flexibility index (Phi) is 4.43. The number of hydrogen-bond acceptors (Lipinski definition) is 1. The zero-order chi connectivity index (χ0) is 23.4. The summed E-state index contributed by atoms with van der Waals surface area (Å²) in [7, 11) is 0. The molecule has 1 heteroatoms. The third-order valence-corrected chi connectivity index (χ3v) is 7.20. The summed E-state index contributed by atoms with van der Waals surface area (Å²) >= 11 is 0. The highest BCUT2D eigenvalue weighted by Crippen LogP contribution is 2.44. The third kappa shape index (κ3) is 3.20. The first-order valence-electron chi connectivity index (χ1n) is 12.0. The van der Waals surface area contributed by atoms with Crippen molar-refractivity contribution < 1.29 is 0 Å². The predicted molar refractivity (Wildman–Crippen MR) is 149 cm³/mol. The topological polar surface area (TPSA) is 12.9 Å². The zero-order valence-corrected chi connectivity index (χ0v) is 19.5. The average molecular weight is 446 g/mol. The van der Waals surface area contributed by atoms with Crippen molar-refractivity contribution in [3.63, 3.8) is 0 Å². The van der Waals surface area contributed by atoms with E-state index in [-0.39, 0.29) is 0 Å². The second kappa shape index (κ2) is 7.78. The van der Waals surface area contributed by atoms with Gasteiger partial charge in [0.1, 0.15) is 0 Å². The lowest BCUT2D eigenvalue weighted by Gasteiger charge is -2.18. The van der Waals surface area contributed by atoms with E-state index in [4.69, 9.17) is 0 Å². The first kappa shape index (κ1) is 19.9. The molecule has 1 heterocycles. The fourth-order valence-corrected chi connectivity index (χ4v) is 5.42. The van der Waals surface area contributed by atoms with E-state index < -0.39 is 0 Å². The summed E-state index contributed by atoms with van der Waals surface area (Å²) in [5, 5.41) is 7.90. The number of hydrogen-bond donors (Lipinski definition) is 0. The van der Waals surface area contributed by atoms with Crippen molar-refractivity contribution in [2.24, 2.45) is 0 Å². The van der Waals surface area contributed by atoms with Gasteiger partial charge in [0.05, 0.1) is 0 Å². The fourth-order valence-electron chi connectivity index (χ4n) is 5.42. The van der Waals surface area contributed by atoms with Crippen molar-refractivity contribution in [3.05, 3.63) is 127 Å². The maximum Gasteiger partial charge on any atom is 0.0346 e.